The third-order valence-corrected chi connectivity index (χ3v) is 3.55. The summed E-state index contributed by atoms with van der Waals surface area (Å²) in [4.78, 5) is 36.3. The molecule has 0 bridgehead atoms. The Morgan fingerprint density at radius 2 is 1.58 bits per heavy atom. The first-order valence-electron chi connectivity index (χ1n) is 7.37. The summed E-state index contributed by atoms with van der Waals surface area (Å²) < 4.78 is 9.43. The predicted octanol–water partition coefficient (Wildman–Crippen LogP) is 2.74. The Morgan fingerprint density at radius 3 is 2.12 bits per heavy atom. The van der Waals surface area contributed by atoms with Crippen molar-refractivity contribution >= 4 is 40.5 Å². The van der Waals surface area contributed by atoms with Crippen molar-refractivity contribution in [1.82, 2.24) is 0 Å². The van der Waals surface area contributed by atoms with E-state index in [0.29, 0.717) is 16.5 Å². The fourth-order valence-electron chi connectivity index (χ4n) is 1.92. The summed E-state index contributed by atoms with van der Waals surface area (Å²) >= 11 is 5.79. The van der Waals surface area contributed by atoms with Gasteiger partial charge in [0.2, 0.25) is 5.78 Å². The van der Waals surface area contributed by atoms with Crippen LogP contribution < -0.4 is 10.2 Å². The van der Waals surface area contributed by atoms with E-state index in [1.807, 2.05) is 0 Å². The zero-order valence-corrected chi connectivity index (χ0v) is 14.7. The Kier molecular flexibility index (Phi) is 6.46. The molecule has 0 amide bonds. The number of rotatable bonds is 7. The van der Waals surface area contributed by atoms with Gasteiger partial charge in [0.25, 0.3) is 5.78 Å². The molecule has 0 aliphatic heterocycles. The quantitative estimate of drug-likeness (QED) is 0.200. The number of ether oxygens (including phenoxy) is 2. The monoisotopic (exact) mass is 374 g/mol. The summed E-state index contributed by atoms with van der Waals surface area (Å²) in [6.07, 6.45) is 0. The molecule has 0 heterocycles. The van der Waals surface area contributed by atoms with Crippen LogP contribution in [0.2, 0.25) is 5.02 Å². The molecule has 8 heteroatoms. The van der Waals surface area contributed by atoms with E-state index in [4.69, 9.17) is 16.3 Å². The van der Waals surface area contributed by atoms with Crippen LogP contribution in [0.3, 0.4) is 0 Å². The lowest BCUT2D eigenvalue weighted by atomic mass is 10.0. The van der Waals surface area contributed by atoms with Gasteiger partial charge in [-0.3, -0.25) is 15.0 Å². The van der Waals surface area contributed by atoms with Crippen molar-refractivity contribution in [2.24, 2.45) is 5.10 Å². The maximum absolute atomic E-state index is 12.6. The highest BCUT2D eigenvalue weighted by Gasteiger charge is 2.28. The molecule has 134 valence electrons. The van der Waals surface area contributed by atoms with Crippen molar-refractivity contribution in [3.63, 3.8) is 0 Å². The van der Waals surface area contributed by atoms with Gasteiger partial charge in [0.15, 0.2) is 5.71 Å². The number of hydrogen-bond acceptors (Lipinski definition) is 7. The molecule has 0 aliphatic rings. The van der Waals surface area contributed by atoms with Crippen LogP contribution in [0.15, 0.2) is 53.6 Å². The van der Waals surface area contributed by atoms with E-state index in [1.165, 1.54) is 31.4 Å². The number of anilines is 1. The molecule has 7 nitrogen and oxygen atoms in total. The maximum atomic E-state index is 12.6. The predicted molar refractivity (Wildman–Crippen MR) is 96.9 cm³/mol. The highest BCUT2D eigenvalue weighted by atomic mass is 35.5. The van der Waals surface area contributed by atoms with E-state index in [0.717, 1.165) is 7.11 Å². The van der Waals surface area contributed by atoms with Gasteiger partial charge < -0.3 is 9.47 Å². The van der Waals surface area contributed by atoms with Gasteiger partial charge in [0.05, 0.1) is 19.9 Å². The molecule has 0 aliphatic carbocycles. The van der Waals surface area contributed by atoms with Gasteiger partial charge in [-0.05, 0) is 48.5 Å². The van der Waals surface area contributed by atoms with E-state index < -0.39 is 23.2 Å². The minimum Gasteiger partial charge on any atom is -0.497 e. The van der Waals surface area contributed by atoms with Crippen molar-refractivity contribution in [1.29, 1.82) is 0 Å². The topological polar surface area (TPSA) is 94.1 Å². The average Bonchev–Trinajstić information content (AvgIpc) is 2.68. The molecule has 2 aromatic carbocycles. The Bertz CT molecular complexity index is 845. The van der Waals surface area contributed by atoms with Crippen molar-refractivity contribution in [2.45, 2.75) is 0 Å². The lowest BCUT2D eigenvalue weighted by Gasteiger charge is -2.06. The number of ketones is 2. The van der Waals surface area contributed by atoms with Crippen LogP contribution in [0.1, 0.15) is 10.4 Å². The van der Waals surface area contributed by atoms with Crippen molar-refractivity contribution < 1.29 is 23.9 Å². The normalized spacial score (nSPS) is 10.8. The SMILES string of the molecule is COC(=O)C(=O)C(=NNc1ccc(OC)cc1)C(=O)c1ccc(Cl)cc1. The van der Waals surface area contributed by atoms with Gasteiger partial charge in [-0.25, -0.2) is 4.79 Å². The number of halogens is 1. The first kappa shape index (κ1) is 19.1. The number of benzene rings is 2. The number of hydrazone groups is 1. The Hall–Kier alpha value is -3.19. The smallest absolute Gasteiger partial charge is 0.381 e. The van der Waals surface area contributed by atoms with Gasteiger partial charge in [0.1, 0.15) is 5.75 Å². The summed E-state index contributed by atoms with van der Waals surface area (Å²) in [6, 6.07) is 12.4. The molecule has 2 rings (SSSR count). The average molecular weight is 375 g/mol. The van der Waals surface area contributed by atoms with E-state index in [1.54, 1.807) is 24.3 Å². The first-order chi connectivity index (χ1) is 12.5. The van der Waals surface area contributed by atoms with E-state index in [-0.39, 0.29) is 5.56 Å². The van der Waals surface area contributed by atoms with Crippen molar-refractivity contribution in [2.75, 3.05) is 19.6 Å². The minimum absolute atomic E-state index is 0.155. The minimum atomic E-state index is -1.19. The number of esters is 1. The third kappa shape index (κ3) is 4.67. The van der Waals surface area contributed by atoms with Crippen LogP contribution in [0.5, 0.6) is 5.75 Å². The summed E-state index contributed by atoms with van der Waals surface area (Å²) in [5.41, 5.74) is 2.62. The van der Waals surface area contributed by atoms with E-state index in [2.05, 4.69) is 15.3 Å². The Morgan fingerprint density at radius 1 is 0.962 bits per heavy atom. The molecule has 0 spiro atoms. The van der Waals surface area contributed by atoms with Crippen molar-refractivity contribution in [3.8, 4) is 5.75 Å². The van der Waals surface area contributed by atoms with Crippen LogP contribution >= 0.6 is 11.6 Å². The molecule has 0 saturated heterocycles. The lowest BCUT2D eigenvalue weighted by molar-refractivity contribution is -0.148. The van der Waals surface area contributed by atoms with Gasteiger partial charge in [-0.1, -0.05) is 11.6 Å². The standard InChI is InChI=1S/C18H15ClN2O5/c1-25-14-9-7-13(8-10-14)20-21-15(17(23)18(24)26-2)16(22)11-3-5-12(19)6-4-11/h3-10,20H,1-2H3. The second-order valence-corrected chi connectivity index (χ2v) is 5.39. The number of nitrogens with zero attached hydrogens (tertiary/aromatic N) is 1. The molecule has 0 unspecified atom stereocenters. The summed E-state index contributed by atoms with van der Waals surface area (Å²) in [5.74, 6) is -2.46. The van der Waals surface area contributed by atoms with Gasteiger partial charge in [0, 0.05) is 10.6 Å². The van der Waals surface area contributed by atoms with E-state index in [9.17, 15) is 14.4 Å². The molecule has 0 atom stereocenters. The Labute approximate surface area is 154 Å². The summed E-state index contributed by atoms with van der Waals surface area (Å²) in [6.45, 7) is 0. The molecule has 26 heavy (non-hydrogen) atoms. The number of Topliss-reactive ketones (excluding diaryl/α,β-unsaturated/α-hetero) is 2. The number of nitrogens with one attached hydrogen (secondary N) is 1. The summed E-state index contributed by atoms with van der Waals surface area (Å²) in [7, 11) is 2.57. The molecule has 2 aromatic rings. The zero-order chi connectivity index (χ0) is 19.1. The third-order valence-electron chi connectivity index (χ3n) is 3.29. The lowest BCUT2D eigenvalue weighted by Crippen LogP contribution is -2.32. The Balaban J connectivity index is 2.32. The molecular formula is C18H15ClN2O5. The zero-order valence-electron chi connectivity index (χ0n) is 14.0. The number of carbonyl (C=O) groups excluding carboxylic acids is 3. The molecular weight excluding hydrogens is 360 g/mol. The van der Waals surface area contributed by atoms with Crippen LogP contribution in [0.25, 0.3) is 0 Å². The van der Waals surface area contributed by atoms with Gasteiger partial charge >= 0.3 is 5.97 Å². The first-order valence-corrected chi connectivity index (χ1v) is 7.74. The van der Waals surface area contributed by atoms with Crippen LogP contribution in [0, 0.1) is 0 Å². The van der Waals surface area contributed by atoms with Crippen LogP contribution in [0.4, 0.5) is 5.69 Å². The summed E-state index contributed by atoms with van der Waals surface area (Å²) in [5, 5.41) is 4.24. The highest BCUT2D eigenvalue weighted by molar-refractivity contribution is 6.80. The molecule has 0 saturated carbocycles. The largest absolute Gasteiger partial charge is 0.497 e. The van der Waals surface area contributed by atoms with Crippen molar-refractivity contribution in [3.05, 3.63) is 59.1 Å². The number of hydrogen-bond donors (Lipinski definition) is 1. The maximum Gasteiger partial charge on any atom is 0.381 e. The van der Waals surface area contributed by atoms with E-state index >= 15 is 0 Å². The van der Waals surface area contributed by atoms with Gasteiger partial charge in [-0.2, -0.15) is 5.10 Å². The second kappa shape index (κ2) is 8.77. The molecule has 0 aromatic heterocycles. The molecule has 0 radical (unpaired) electrons. The molecule has 0 fully saturated rings. The second-order valence-electron chi connectivity index (χ2n) is 4.96. The number of methoxy groups -OCH3 is 2. The fourth-order valence-corrected chi connectivity index (χ4v) is 2.04. The fraction of sp³-hybridized carbons (Fsp3) is 0.111. The highest BCUT2D eigenvalue weighted by Crippen LogP contribution is 2.15. The van der Waals surface area contributed by atoms with Crippen LogP contribution in [-0.4, -0.2) is 37.5 Å². The van der Waals surface area contributed by atoms with Crippen LogP contribution in [-0.2, 0) is 14.3 Å². The van der Waals surface area contributed by atoms with Gasteiger partial charge in [-0.15, -0.1) is 0 Å². The molecule has 1 N–H and O–H groups in total. The number of carbonyl (C=O) groups is 3.